The molecule has 1 atom stereocenters. The number of rotatable bonds is 8. The topological polar surface area (TPSA) is 38.3 Å². The van der Waals surface area contributed by atoms with Crippen LogP contribution >= 0.6 is 11.8 Å². The van der Waals surface area contributed by atoms with Crippen LogP contribution < -0.4 is 10.1 Å². The molecule has 2 aromatic carbocycles. The Hall–Kier alpha value is -2.01. The average molecular weight is 361 g/mol. The summed E-state index contributed by atoms with van der Waals surface area (Å²) in [4.78, 5) is 12.1. The van der Waals surface area contributed by atoms with Crippen molar-refractivity contribution in [1.82, 2.24) is 5.32 Å². The number of amides is 1. The molecule has 0 aliphatic rings. The molecular weight excluding hydrogens is 337 g/mol. The maximum atomic E-state index is 13.5. The molecule has 134 valence electrons. The zero-order valence-corrected chi connectivity index (χ0v) is 15.7. The molecule has 3 nitrogen and oxygen atoms in total. The van der Waals surface area contributed by atoms with Crippen molar-refractivity contribution >= 4 is 17.7 Å². The molecule has 0 heterocycles. The maximum absolute atomic E-state index is 13.5. The summed E-state index contributed by atoms with van der Waals surface area (Å²) < 4.78 is 19.2. The Morgan fingerprint density at radius 3 is 2.72 bits per heavy atom. The lowest BCUT2D eigenvalue weighted by Crippen LogP contribution is -2.37. The first-order valence-electron chi connectivity index (χ1n) is 8.30. The predicted octanol–water partition coefficient (Wildman–Crippen LogP) is 4.26. The number of nitrogens with one attached hydrogen (secondary N) is 1. The normalized spacial score (nSPS) is 11.8. The van der Waals surface area contributed by atoms with E-state index < -0.39 is 6.10 Å². The predicted molar refractivity (Wildman–Crippen MR) is 102 cm³/mol. The van der Waals surface area contributed by atoms with Crippen molar-refractivity contribution < 1.29 is 13.9 Å². The van der Waals surface area contributed by atoms with Crippen molar-refractivity contribution in [2.75, 3.05) is 12.3 Å². The van der Waals surface area contributed by atoms with Gasteiger partial charge in [-0.3, -0.25) is 4.79 Å². The summed E-state index contributed by atoms with van der Waals surface area (Å²) >= 11 is 1.59. The SMILES string of the molecule is Cc1ccc(OC(C)C(=O)NCCSCc2ccccc2F)c(C)c1. The third kappa shape index (κ3) is 6.09. The molecule has 0 aliphatic heterocycles. The fourth-order valence-corrected chi connectivity index (χ4v) is 3.21. The summed E-state index contributed by atoms with van der Waals surface area (Å²) in [6.07, 6.45) is -0.557. The molecule has 0 aromatic heterocycles. The Morgan fingerprint density at radius 2 is 2.00 bits per heavy atom. The summed E-state index contributed by atoms with van der Waals surface area (Å²) in [7, 11) is 0. The first kappa shape index (κ1) is 19.3. The highest BCUT2D eigenvalue weighted by Gasteiger charge is 2.15. The van der Waals surface area contributed by atoms with Crippen LogP contribution in [0.15, 0.2) is 42.5 Å². The standard InChI is InChI=1S/C20H24FNO2S/c1-14-8-9-19(15(2)12-14)24-16(3)20(23)22-10-11-25-13-17-6-4-5-7-18(17)21/h4-9,12,16H,10-11,13H2,1-3H3,(H,22,23). The van der Waals surface area contributed by atoms with E-state index in [1.165, 1.54) is 6.07 Å². The minimum absolute atomic E-state index is 0.147. The molecule has 0 spiro atoms. The van der Waals surface area contributed by atoms with Gasteiger partial charge in [0.2, 0.25) is 0 Å². The van der Waals surface area contributed by atoms with E-state index >= 15 is 0 Å². The Kier molecular flexibility index (Phi) is 7.31. The highest BCUT2D eigenvalue weighted by Crippen LogP contribution is 2.20. The third-order valence-corrected chi connectivity index (χ3v) is 4.77. The molecule has 0 radical (unpaired) electrons. The smallest absolute Gasteiger partial charge is 0.260 e. The van der Waals surface area contributed by atoms with Crippen molar-refractivity contribution in [3.8, 4) is 5.75 Å². The third-order valence-electron chi connectivity index (χ3n) is 3.76. The molecule has 0 saturated heterocycles. The average Bonchev–Trinajstić information content (AvgIpc) is 2.58. The molecule has 2 aromatic rings. The molecule has 0 aliphatic carbocycles. The highest BCUT2D eigenvalue weighted by atomic mass is 32.2. The Morgan fingerprint density at radius 1 is 1.24 bits per heavy atom. The van der Waals surface area contributed by atoms with Gasteiger partial charge in [0.05, 0.1) is 0 Å². The molecule has 1 unspecified atom stereocenters. The number of hydrogen-bond acceptors (Lipinski definition) is 3. The minimum Gasteiger partial charge on any atom is -0.481 e. The summed E-state index contributed by atoms with van der Waals surface area (Å²) in [6, 6.07) is 12.6. The highest BCUT2D eigenvalue weighted by molar-refractivity contribution is 7.98. The van der Waals surface area contributed by atoms with Crippen molar-refractivity contribution in [2.45, 2.75) is 32.6 Å². The second-order valence-electron chi connectivity index (χ2n) is 5.96. The van der Waals surface area contributed by atoms with Gasteiger partial charge in [-0.2, -0.15) is 11.8 Å². The quantitative estimate of drug-likeness (QED) is 0.714. The van der Waals surface area contributed by atoms with Crippen LogP contribution in [-0.4, -0.2) is 24.3 Å². The molecule has 1 N–H and O–H groups in total. The zero-order valence-electron chi connectivity index (χ0n) is 14.8. The fraction of sp³-hybridized carbons (Fsp3) is 0.350. The number of hydrogen-bond donors (Lipinski definition) is 1. The van der Waals surface area contributed by atoms with Crippen molar-refractivity contribution in [3.05, 3.63) is 65.0 Å². The van der Waals surface area contributed by atoms with E-state index in [4.69, 9.17) is 4.74 Å². The van der Waals surface area contributed by atoms with E-state index in [2.05, 4.69) is 5.32 Å². The van der Waals surface area contributed by atoms with Gasteiger partial charge in [0.15, 0.2) is 6.10 Å². The van der Waals surface area contributed by atoms with Crippen LogP contribution in [0.1, 0.15) is 23.6 Å². The number of halogens is 1. The molecule has 0 saturated carbocycles. The van der Waals surface area contributed by atoms with Crippen LogP contribution in [0.2, 0.25) is 0 Å². The van der Waals surface area contributed by atoms with Gasteiger partial charge in [0.1, 0.15) is 11.6 Å². The minimum atomic E-state index is -0.557. The molecular formula is C20H24FNO2S. The molecule has 5 heteroatoms. The largest absolute Gasteiger partial charge is 0.481 e. The number of carbonyl (C=O) groups is 1. The van der Waals surface area contributed by atoms with Gasteiger partial charge < -0.3 is 10.1 Å². The number of thioether (sulfide) groups is 1. The van der Waals surface area contributed by atoms with Gasteiger partial charge >= 0.3 is 0 Å². The number of ether oxygens (including phenoxy) is 1. The fourth-order valence-electron chi connectivity index (χ4n) is 2.36. The van der Waals surface area contributed by atoms with Gasteiger partial charge in [0.25, 0.3) is 5.91 Å². The lowest BCUT2D eigenvalue weighted by molar-refractivity contribution is -0.127. The number of aryl methyl sites for hydroxylation is 2. The second-order valence-corrected chi connectivity index (χ2v) is 7.07. The summed E-state index contributed by atoms with van der Waals surface area (Å²) in [5.74, 6) is 1.70. The number of carbonyl (C=O) groups excluding carboxylic acids is 1. The molecule has 0 bridgehead atoms. The Balaban J connectivity index is 1.70. The lowest BCUT2D eigenvalue weighted by Gasteiger charge is -2.16. The lowest BCUT2D eigenvalue weighted by atomic mass is 10.1. The van der Waals surface area contributed by atoms with Crippen LogP contribution in [0.25, 0.3) is 0 Å². The van der Waals surface area contributed by atoms with E-state index in [1.807, 2.05) is 38.1 Å². The van der Waals surface area contributed by atoms with Crippen molar-refractivity contribution in [2.24, 2.45) is 0 Å². The molecule has 2 rings (SSSR count). The Labute approximate surface area is 153 Å². The first-order valence-corrected chi connectivity index (χ1v) is 9.45. The molecule has 25 heavy (non-hydrogen) atoms. The van der Waals surface area contributed by atoms with Crippen molar-refractivity contribution in [3.63, 3.8) is 0 Å². The van der Waals surface area contributed by atoms with Crippen LogP contribution in [0, 0.1) is 19.7 Å². The van der Waals surface area contributed by atoms with Crippen LogP contribution in [0.3, 0.4) is 0 Å². The van der Waals surface area contributed by atoms with Gasteiger partial charge in [-0.05, 0) is 44.0 Å². The first-order chi connectivity index (χ1) is 12.0. The second kappa shape index (κ2) is 9.47. The van der Waals surface area contributed by atoms with Gasteiger partial charge in [-0.25, -0.2) is 4.39 Å². The van der Waals surface area contributed by atoms with Crippen LogP contribution in [-0.2, 0) is 10.5 Å². The summed E-state index contributed by atoms with van der Waals surface area (Å²) in [5.41, 5.74) is 2.86. The maximum Gasteiger partial charge on any atom is 0.260 e. The molecule has 0 fully saturated rings. The van der Waals surface area contributed by atoms with Gasteiger partial charge in [0, 0.05) is 18.1 Å². The zero-order chi connectivity index (χ0) is 18.2. The van der Waals surface area contributed by atoms with Gasteiger partial charge in [-0.1, -0.05) is 35.9 Å². The van der Waals surface area contributed by atoms with Crippen LogP contribution in [0.5, 0.6) is 5.75 Å². The summed E-state index contributed by atoms with van der Waals surface area (Å²) in [5, 5.41) is 2.86. The van der Waals surface area contributed by atoms with Crippen LogP contribution in [0.4, 0.5) is 4.39 Å². The Bertz CT molecular complexity index is 721. The summed E-state index contributed by atoms with van der Waals surface area (Å²) in [6.45, 7) is 6.25. The van der Waals surface area contributed by atoms with E-state index in [0.717, 1.165) is 22.6 Å². The number of benzene rings is 2. The van der Waals surface area contributed by atoms with E-state index in [1.54, 1.807) is 30.8 Å². The van der Waals surface area contributed by atoms with E-state index in [0.29, 0.717) is 17.9 Å². The molecule has 1 amide bonds. The monoisotopic (exact) mass is 361 g/mol. The van der Waals surface area contributed by atoms with Gasteiger partial charge in [-0.15, -0.1) is 0 Å². The van der Waals surface area contributed by atoms with E-state index in [-0.39, 0.29) is 11.7 Å². The van der Waals surface area contributed by atoms with E-state index in [9.17, 15) is 9.18 Å². The van der Waals surface area contributed by atoms with Crippen molar-refractivity contribution in [1.29, 1.82) is 0 Å².